The minimum atomic E-state index is -2.50. The van der Waals surface area contributed by atoms with Gasteiger partial charge in [0.15, 0.2) is 6.10 Å². The molecular weight excluding hydrogens is 704 g/mol. The van der Waals surface area contributed by atoms with E-state index in [2.05, 4.69) is 27.8 Å². The van der Waals surface area contributed by atoms with Gasteiger partial charge in [-0.25, -0.2) is 9.59 Å². The summed E-state index contributed by atoms with van der Waals surface area (Å²) in [6, 6.07) is 9.68. The molecular formula is C42H48N4O9. The third kappa shape index (κ3) is 4.42. The summed E-state index contributed by atoms with van der Waals surface area (Å²) in [6.45, 7) is 7.13. The van der Waals surface area contributed by atoms with Gasteiger partial charge in [0.05, 0.1) is 13.2 Å². The van der Waals surface area contributed by atoms with Gasteiger partial charge >= 0.3 is 18.1 Å². The average molecular weight is 753 g/mol. The van der Waals surface area contributed by atoms with Crippen LogP contribution in [-0.4, -0.2) is 117 Å². The number of hydrogen-bond donors (Lipinski definition) is 5. The number of carboxylic acids is 1. The first-order chi connectivity index (χ1) is 26.3. The zero-order chi connectivity index (χ0) is 38.8. The van der Waals surface area contributed by atoms with Gasteiger partial charge in [-0.1, -0.05) is 55.8 Å². The van der Waals surface area contributed by atoms with Gasteiger partial charge in [-0.15, -0.1) is 0 Å². The second-order valence-corrected chi connectivity index (χ2v) is 16.6. The molecule has 1 saturated heterocycles. The Kier molecular flexibility index (Phi) is 7.86. The predicted molar refractivity (Wildman–Crippen MR) is 202 cm³/mol. The van der Waals surface area contributed by atoms with Crippen LogP contribution in [0, 0.1) is 11.3 Å². The van der Waals surface area contributed by atoms with Crippen molar-refractivity contribution in [1.29, 1.82) is 0 Å². The molecule has 0 radical (unpaired) electrons. The van der Waals surface area contributed by atoms with E-state index in [1.54, 1.807) is 18.0 Å². The number of likely N-dealkylation sites (N-methyl/N-ethyl adjacent to an activating group) is 1. The van der Waals surface area contributed by atoms with Crippen LogP contribution in [0.2, 0.25) is 0 Å². The van der Waals surface area contributed by atoms with Crippen molar-refractivity contribution in [3.63, 3.8) is 0 Å². The number of carboxylic acid groups (broad SMARTS) is 2. The highest BCUT2D eigenvalue weighted by Gasteiger charge is 2.80. The Morgan fingerprint density at radius 2 is 1.84 bits per heavy atom. The summed E-state index contributed by atoms with van der Waals surface area (Å²) in [5, 5.41) is 48.1. The molecule has 5 N–H and O–H groups in total. The molecule has 6 aliphatic rings. The summed E-state index contributed by atoms with van der Waals surface area (Å²) in [5.41, 5.74) is -1.53. The molecule has 13 heteroatoms. The van der Waals surface area contributed by atoms with E-state index >= 15 is 0 Å². The number of aliphatic carboxylic acids is 1. The maximum absolute atomic E-state index is 14.4. The fourth-order valence-electron chi connectivity index (χ4n) is 12.5. The standard InChI is InChI=1S/C42H48N4O9/c1-5-23-16-24-19-41(36(48)49,32-26(22-45(20-23)21-24)25-10-7-8-11-29(25)43-32)28-17-27-30(18-31(28)47)44(3)34-40(27)13-15-46-14-9-12-39(6-2,33(40)46)35(55-38(51)52)42(34,53)37(50)54-4/h7-12,16-18,24,33-35,43,47,53H,5-6,13-15,19-22H2,1-4H3,(H,48,49)(H,51,52)/t24-,33-,34-,35-,39+,40-,41?,42+/m1/s1. The molecule has 9 rings (SSSR count). The number of aromatic nitrogens is 1. The number of phenols is 1. The summed E-state index contributed by atoms with van der Waals surface area (Å²) < 4.78 is 10.9. The first kappa shape index (κ1) is 35.8. The fraction of sp³-hybridized carbons (Fsp3) is 0.500. The highest BCUT2D eigenvalue weighted by molar-refractivity contribution is 5.94. The third-order valence-corrected chi connectivity index (χ3v) is 14.3. The van der Waals surface area contributed by atoms with Crippen molar-refractivity contribution in [2.75, 3.05) is 45.2 Å². The molecule has 2 unspecified atom stereocenters. The first-order valence-electron chi connectivity index (χ1n) is 19.3. The Morgan fingerprint density at radius 1 is 1.05 bits per heavy atom. The quantitative estimate of drug-likeness (QED) is 0.177. The number of nitrogens with zero attached hydrogens (tertiary/aromatic N) is 3. The van der Waals surface area contributed by atoms with Crippen molar-refractivity contribution in [3.8, 4) is 5.75 Å². The number of carbonyl (C=O) groups excluding carboxylic acids is 1. The number of aromatic hydroxyl groups is 1. The lowest BCUT2D eigenvalue weighted by Crippen LogP contribution is -2.81. The van der Waals surface area contributed by atoms with E-state index in [9.17, 15) is 34.8 Å². The number of H-pyrrole nitrogens is 1. The Hall–Kier alpha value is -4.85. The first-order valence-corrected chi connectivity index (χ1v) is 19.3. The van der Waals surface area contributed by atoms with Gasteiger partial charge in [0.2, 0.25) is 5.60 Å². The van der Waals surface area contributed by atoms with Crippen LogP contribution in [0.4, 0.5) is 10.5 Å². The van der Waals surface area contributed by atoms with Crippen LogP contribution < -0.4 is 4.90 Å². The maximum Gasteiger partial charge on any atom is 0.506 e. The number of aliphatic hydroxyl groups is 1. The van der Waals surface area contributed by atoms with Crippen LogP contribution in [0.1, 0.15) is 61.9 Å². The van der Waals surface area contributed by atoms with Gasteiger partial charge in [-0.05, 0) is 61.4 Å². The average Bonchev–Trinajstić information content (AvgIpc) is 3.81. The Labute approximate surface area is 318 Å². The number of para-hydroxylation sites is 1. The van der Waals surface area contributed by atoms with Crippen LogP contribution in [-0.2, 0) is 36.4 Å². The lowest BCUT2D eigenvalue weighted by Gasteiger charge is -2.63. The number of nitrogens with one attached hydrogen (secondary N) is 1. The van der Waals surface area contributed by atoms with E-state index in [-0.39, 0.29) is 23.7 Å². The number of hydrogen-bond acceptors (Lipinski definition) is 10. The molecule has 1 saturated carbocycles. The lowest BCUT2D eigenvalue weighted by atomic mass is 9.47. The van der Waals surface area contributed by atoms with Gasteiger partial charge in [0.25, 0.3) is 0 Å². The molecule has 6 heterocycles. The zero-order valence-electron chi connectivity index (χ0n) is 31.5. The molecule has 1 aliphatic carbocycles. The normalized spacial score (nSPS) is 35.8. The number of methoxy groups -OCH3 is 1. The number of esters is 1. The molecule has 55 heavy (non-hydrogen) atoms. The lowest BCUT2D eigenvalue weighted by molar-refractivity contribution is -0.220. The fourth-order valence-corrected chi connectivity index (χ4v) is 12.5. The van der Waals surface area contributed by atoms with Crippen molar-refractivity contribution in [3.05, 3.63) is 82.6 Å². The summed E-state index contributed by atoms with van der Waals surface area (Å²) in [7, 11) is 2.88. The van der Waals surface area contributed by atoms with Gasteiger partial charge in [-0.3, -0.25) is 14.6 Å². The summed E-state index contributed by atoms with van der Waals surface area (Å²) >= 11 is 0. The Bertz CT molecular complexity index is 2210. The Balaban J connectivity index is 1.34. The highest BCUT2D eigenvalue weighted by Crippen LogP contribution is 2.68. The van der Waals surface area contributed by atoms with Gasteiger partial charge < -0.3 is 39.8 Å². The summed E-state index contributed by atoms with van der Waals surface area (Å²) in [4.78, 5) is 50.9. The molecule has 2 bridgehead atoms. The number of benzene rings is 2. The van der Waals surface area contributed by atoms with Gasteiger partial charge in [0.1, 0.15) is 11.2 Å². The topological polar surface area (TPSA) is 176 Å². The molecule has 2 fully saturated rings. The van der Waals surface area contributed by atoms with Crippen LogP contribution in [0.25, 0.3) is 10.9 Å². The molecule has 1 aromatic heterocycles. The van der Waals surface area contributed by atoms with Crippen molar-refractivity contribution >= 4 is 34.7 Å². The minimum Gasteiger partial charge on any atom is -0.508 e. The number of fused-ring (bicyclic) bond motifs is 6. The highest BCUT2D eigenvalue weighted by atomic mass is 16.7. The second-order valence-electron chi connectivity index (χ2n) is 16.6. The number of aromatic amines is 1. The van der Waals surface area contributed by atoms with E-state index in [0.29, 0.717) is 56.0 Å². The molecule has 290 valence electrons. The van der Waals surface area contributed by atoms with E-state index in [1.807, 2.05) is 49.4 Å². The molecule has 1 spiro atoms. The SMILES string of the molecule is CCC1=C[C@H]2CN(C1)Cc1c([nH]c3ccccc13)C(C(=O)O)(c1cc3c(cc1O)N(C)[C@H]1[C@@](O)(C(=O)OC)[C@H](OC(=O)O)[C@@]4(CC)C=CCN5CC[C@]31[C@H]54)C2. The van der Waals surface area contributed by atoms with E-state index in [4.69, 9.17) is 9.47 Å². The van der Waals surface area contributed by atoms with Crippen molar-refractivity contribution < 1.29 is 44.3 Å². The Morgan fingerprint density at radius 3 is 2.55 bits per heavy atom. The number of carbonyl (C=O) groups is 3. The van der Waals surface area contributed by atoms with Crippen molar-refractivity contribution in [2.45, 2.75) is 80.7 Å². The molecule has 5 aliphatic heterocycles. The van der Waals surface area contributed by atoms with E-state index in [0.717, 1.165) is 36.5 Å². The molecule has 13 nitrogen and oxygen atoms in total. The monoisotopic (exact) mass is 752 g/mol. The number of ether oxygens (including phenoxy) is 2. The van der Waals surface area contributed by atoms with Crippen LogP contribution in [0.3, 0.4) is 0 Å². The molecule has 3 aromatic rings. The molecule has 0 amide bonds. The number of phenolic OH excluding ortho intramolecular Hbond substituents is 1. The summed E-state index contributed by atoms with van der Waals surface area (Å²) in [5.74, 6) is -2.48. The van der Waals surface area contributed by atoms with Gasteiger partial charge in [0, 0.05) is 84.0 Å². The molecule has 2 aromatic carbocycles. The maximum atomic E-state index is 14.4. The number of rotatable bonds is 6. The smallest absolute Gasteiger partial charge is 0.506 e. The van der Waals surface area contributed by atoms with Gasteiger partial charge in [-0.2, -0.15) is 0 Å². The predicted octanol–water partition coefficient (Wildman–Crippen LogP) is 4.49. The van der Waals surface area contributed by atoms with E-state index < -0.39 is 58.1 Å². The largest absolute Gasteiger partial charge is 0.508 e. The van der Waals surface area contributed by atoms with Crippen LogP contribution in [0.5, 0.6) is 5.75 Å². The minimum absolute atomic E-state index is 0.133. The van der Waals surface area contributed by atoms with Crippen LogP contribution in [0.15, 0.2) is 60.2 Å². The third-order valence-electron chi connectivity index (χ3n) is 14.3. The second kappa shape index (κ2) is 12.1. The number of anilines is 1. The van der Waals surface area contributed by atoms with Crippen molar-refractivity contribution in [1.82, 2.24) is 14.8 Å². The summed E-state index contributed by atoms with van der Waals surface area (Å²) in [6.07, 6.45) is 4.69. The molecule has 9 atom stereocenters. The van der Waals surface area contributed by atoms with Crippen LogP contribution >= 0.6 is 0 Å². The van der Waals surface area contributed by atoms with E-state index in [1.165, 1.54) is 5.57 Å². The van der Waals surface area contributed by atoms with Crippen molar-refractivity contribution in [2.24, 2.45) is 11.3 Å². The zero-order valence-corrected chi connectivity index (χ0v) is 31.5.